The fourth-order valence-electron chi connectivity index (χ4n) is 3.99. The van der Waals surface area contributed by atoms with E-state index >= 15 is 0 Å². The molecule has 0 amide bonds. The monoisotopic (exact) mass is 531 g/mol. The van der Waals surface area contributed by atoms with Crippen molar-refractivity contribution in [3.63, 3.8) is 0 Å². The zero-order chi connectivity index (χ0) is 23.5. The van der Waals surface area contributed by atoms with Gasteiger partial charge in [-0.05, 0) is 56.2 Å². The predicted octanol–water partition coefficient (Wildman–Crippen LogP) is 5.59. The second-order valence-electron chi connectivity index (χ2n) is 8.11. The van der Waals surface area contributed by atoms with Crippen molar-refractivity contribution in [2.45, 2.75) is 51.0 Å². The Labute approximate surface area is 204 Å². The molecule has 1 fully saturated rings. The van der Waals surface area contributed by atoms with Crippen molar-refractivity contribution in [3.05, 3.63) is 67.6 Å². The van der Waals surface area contributed by atoms with E-state index in [0.29, 0.717) is 33.1 Å². The van der Waals surface area contributed by atoms with Crippen LogP contribution >= 0.6 is 27.5 Å². The first-order chi connectivity index (χ1) is 15.8. The van der Waals surface area contributed by atoms with Crippen LogP contribution in [0.2, 0.25) is 5.02 Å². The molecule has 1 saturated carbocycles. The SMILES string of the molecule is C[C@H](Oc1ccc(Cl)cc1C=Nn1c(C2CCCCC2)nc2ccc(Br)cc2c1=O)C(=O)O. The van der Waals surface area contributed by atoms with Gasteiger partial charge in [0.05, 0.1) is 17.1 Å². The Kier molecular flexibility index (Phi) is 7.14. The number of carbonyl (C=O) groups is 1. The average Bonchev–Trinajstić information content (AvgIpc) is 2.80. The molecule has 9 heteroatoms. The lowest BCUT2D eigenvalue weighted by Gasteiger charge is -2.22. The van der Waals surface area contributed by atoms with Gasteiger partial charge in [-0.2, -0.15) is 9.78 Å². The first-order valence-corrected chi connectivity index (χ1v) is 12.0. The molecule has 1 heterocycles. The Bertz CT molecular complexity index is 1280. The number of halogens is 2. The maximum absolute atomic E-state index is 13.4. The first kappa shape index (κ1) is 23.4. The Morgan fingerprint density at radius 1 is 1.27 bits per heavy atom. The lowest BCUT2D eigenvalue weighted by Crippen LogP contribution is -2.25. The Balaban J connectivity index is 1.82. The zero-order valence-electron chi connectivity index (χ0n) is 18.0. The highest BCUT2D eigenvalue weighted by Crippen LogP contribution is 2.32. The molecule has 0 radical (unpaired) electrons. The lowest BCUT2D eigenvalue weighted by molar-refractivity contribution is -0.144. The largest absolute Gasteiger partial charge is 0.479 e. The molecule has 7 nitrogen and oxygen atoms in total. The van der Waals surface area contributed by atoms with E-state index in [2.05, 4.69) is 21.0 Å². The van der Waals surface area contributed by atoms with Gasteiger partial charge < -0.3 is 9.84 Å². The van der Waals surface area contributed by atoms with Crippen LogP contribution in [0.1, 0.15) is 56.3 Å². The van der Waals surface area contributed by atoms with Gasteiger partial charge in [-0.25, -0.2) is 9.78 Å². The summed E-state index contributed by atoms with van der Waals surface area (Å²) >= 11 is 9.58. The number of carboxylic acid groups (broad SMARTS) is 1. The van der Waals surface area contributed by atoms with Gasteiger partial charge in [0.25, 0.3) is 5.56 Å². The minimum atomic E-state index is -1.09. The molecule has 4 rings (SSSR count). The molecule has 1 aliphatic carbocycles. The van der Waals surface area contributed by atoms with Crippen LogP contribution in [0.3, 0.4) is 0 Å². The number of fused-ring (bicyclic) bond motifs is 1. The van der Waals surface area contributed by atoms with Crippen LogP contribution in [0.15, 0.2) is 50.8 Å². The minimum absolute atomic E-state index is 0.138. The van der Waals surface area contributed by atoms with Crippen molar-refractivity contribution in [3.8, 4) is 5.75 Å². The van der Waals surface area contributed by atoms with Gasteiger partial charge in [-0.15, -0.1) is 0 Å². The molecule has 0 bridgehead atoms. The number of benzene rings is 2. The summed E-state index contributed by atoms with van der Waals surface area (Å²) in [5, 5.41) is 14.6. The van der Waals surface area contributed by atoms with Crippen molar-refractivity contribution >= 4 is 50.6 Å². The summed E-state index contributed by atoms with van der Waals surface area (Å²) in [6.07, 6.45) is 5.66. The van der Waals surface area contributed by atoms with E-state index in [0.717, 1.165) is 30.2 Å². The Morgan fingerprint density at radius 2 is 2.03 bits per heavy atom. The summed E-state index contributed by atoms with van der Waals surface area (Å²) in [5.41, 5.74) is 0.838. The number of hydrogen-bond donors (Lipinski definition) is 1. The van der Waals surface area contributed by atoms with E-state index in [4.69, 9.17) is 21.3 Å². The average molecular weight is 533 g/mol. The van der Waals surface area contributed by atoms with E-state index in [1.54, 1.807) is 24.3 Å². The number of hydrogen-bond acceptors (Lipinski definition) is 5. The maximum atomic E-state index is 13.4. The summed E-state index contributed by atoms with van der Waals surface area (Å²) in [4.78, 5) is 29.5. The number of aliphatic carboxylic acids is 1. The minimum Gasteiger partial charge on any atom is -0.479 e. The molecule has 0 spiro atoms. The molecule has 1 aromatic heterocycles. The van der Waals surface area contributed by atoms with Crippen LogP contribution in [0, 0.1) is 0 Å². The van der Waals surface area contributed by atoms with Crippen LogP contribution in [-0.2, 0) is 4.79 Å². The smallest absolute Gasteiger partial charge is 0.344 e. The molecular formula is C24H23BrClN3O4. The van der Waals surface area contributed by atoms with Crippen LogP contribution in [0.4, 0.5) is 0 Å². The van der Waals surface area contributed by atoms with Gasteiger partial charge in [-0.1, -0.05) is 46.8 Å². The van der Waals surface area contributed by atoms with E-state index < -0.39 is 12.1 Å². The molecule has 1 aliphatic rings. The molecule has 2 aromatic carbocycles. The topological polar surface area (TPSA) is 93.8 Å². The number of carboxylic acids is 1. The highest BCUT2D eigenvalue weighted by molar-refractivity contribution is 9.10. The van der Waals surface area contributed by atoms with Gasteiger partial charge in [0.1, 0.15) is 11.6 Å². The predicted molar refractivity (Wildman–Crippen MR) is 132 cm³/mol. The highest BCUT2D eigenvalue weighted by Gasteiger charge is 2.23. The van der Waals surface area contributed by atoms with Gasteiger partial charge in [-0.3, -0.25) is 4.79 Å². The van der Waals surface area contributed by atoms with Gasteiger partial charge >= 0.3 is 5.97 Å². The fraction of sp³-hybridized carbons (Fsp3) is 0.333. The quantitative estimate of drug-likeness (QED) is 0.417. The van der Waals surface area contributed by atoms with Crippen molar-refractivity contribution in [2.24, 2.45) is 5.10 Å². The molecule has 1 N–H and O–H groups in total. The molecule has 0 aliphatic heterocycles. The third kappa shape index (κ3) is 5.28. The summed E-state index contributed by atoms with van der Waals surface area (Å²) in [6.45, 7) is 1.44. The molecule has 0 saturated heterocycles. The molecule has 0 unspecified atom stereocenters. The Hall–Kier alpha value is -2.71. The summed E-state index contributed by atoms with van der Waals surface area (Å²) in [7, 11) is 0. The number of nitrogens with zero attached hydrogens (tertiary/aromatic N) is 3. The molecular weight excluding hydrogens is 510 g/mol. The van der Waals surface area contributed by atoms with Crippen LogP contribution in [0.25, 0.3) is 10.9 Å². The highest BCUT2D eigenvalue weighted by atomic mass is 79.9. The van der Waals surface area contributed by atoms with Gasteiger partial charge in [0, 0.05) is 21.0 Å². The standard InChI is InChI=1S/C24H23BrClN3O4/c1-14(24(31)32)33-21-10-8-18(26)11-16(21)13-27-29-22(15-5-3-2-4-6-15)28-20-9-7-17(25)12-19(20)23(29)30/h7-15H,2-6H2,1H3,(H,31,32)/t14-/m0/s1. The molecule has 33 heavy (non-hydrogen) atoms. The van der Waals surface area contributed by atoms with E-state index in [1.807, 2.05) is 12.1 Å². The normalized spacial score (nSPS) is 15.7. The maximum Gasteiger partial charge on any atom is 0.344 e. The van der Waals surface area contributed by atoms with Gasteiger partial charge in [0.2, 0.25) is 0 Å². The molecule has 1 atom stereocenters. The van der Waals surface area contributed by atoms with Crippen molar-refractivity contribution < 1.29 is 14.6 Å². The van der Waals surface area contributed by atoms with E-state index in [1.165, 1.54) is 24.2 Å². The zero-order valence-corrected chi connectivity index (χ0v) is 20.3. The van der Waals surface area contributed by atoms with Crippen molar-refractivity contribution in [1.29, 1.82) is 0 Å². The lowest BCUT2D eigenvalue weighted by atomic mass is 9.88. The molecule has 172 valence electrons. The first-order valence-electron chi connectivity index (χ1n) is 10.8. The Morgan fingerprint density at radius 3 is 2.76 bits per heavy atom. The van der Waals surface area contributed by atoms with Gasteiger partial charge in [0.15, 0.2) is 6.10 Å². The number of aromatic nitrogens is 2. The van der Waals surface area contributed by atoms with E-state index in [9.17, 15) is 14.7 Å². The van der Waals surface area contributed by atoms with Crippen LogP contribution < -0.4 is 10.3 Å². The fourth-order valence-corrected chi connectivity index (χ4v) is 4.53. The second-order valence-corrected chi connectivity index (χ2v) is 9.46. The number of rotatable bonds is 6. The second kappa shape index (κ2) is 10.1. The van der Waals surface area contributed by atoms with Crippen LogP contribution in [0.5, 0.6) is 5.75 Å². The summed E-state index contributed by atoms with van der Waals surface area (Å²) < 4.78 is 7.69. The third-order valence-corrected chi connectivity index (χ3v) is 6.47. The third-order valence-electron chi connectivity index (χ3n) is 5.74. The summed E-state index contributed by atoms with van der Waals surface area (Å²) in [6, 6.07) is 10.3. The van der Waals surface area contributed by atoms with E-state index in [-0.39, 0.29) is 11.5 Å². The van der Waals surface area contributed by atoms with Crippen molar-refractivity contribution in [2.75, 3.05) is 0 Å². The number of ether oxygens (including phenoxy) is 1. The van der Waals surface area contributed by atoms with Crippen molar-refractivity contribution in [1.82, 2.24) is 9.66 Å². The summed E-state index contributed by atoms with van der Waals surface area (Å²) in [5.74, 6) is -0.0114. The van der Waals surface area contributed by atoms with Crippen LogP contribution in [-0.4, -0.2) is 33.1 Å². The molecule has 3 aromatic rings.